The van der Waals surface area contributed by atoms with Crippen LogP contribution in [0.1, 0.15) is 55.5 Å². The molecule has 0 fully saturated rings. The molecule has 1 heterocycles. The molecule has 3 aromatic carbocycles. The molecule has 1 aromatic heterocycles. The van der Waals surface area contributed by atoms with Gasteiger partial charge in [0.1, 0.15) is 11.3 Å². The summed E-state index contributed by atoms with van der Waals surface area (Å²) in [6.45, 7) is 7.02. The molecule has 4 rings (SSSR count). The zero-order chi connectivity index (χ0) is 24.8. The number of hydrogen-bond donors (Lipinski definition) is 2. The van der Waals surface area contributed by atoms with Gasteiger partial charge in [0.2, 0.25) is 5.89 Å². The van der Waals surface area contributed by atoms with Crippen molar-refractivity contribution >= 4 is 40.0 Å². The van der Waals surface area contributed by atoms with Crippen molar-refractivity contribution in [1.82, 2.24) is 10.3 Å². The molecule has 1 amide bonds. The molecule has 1 atom stereocenters. The Labute approximate surface area is 210 Å². The summed E-state index contributed by atoms with van der Waals surface area (Å²) < 4.78 is 11.5. The topological polar surface area (TPSA) is 76.4 Å². The Morgan fingerprint density at radius 1 is 1.09 bits per heavy atom. The van der Waals surface area contributed by atoms with Crippen LogP contribution in [0.5, 0.6) is 5.75 Å². The molecule has 0 spiro atoms. The maximum absolute atomic E-state index is 12.6. The van der Waals surface area contributed by atoms with Crippen molar-refractivity contribution in [2.75, 3.05) is 11.9 Å². The van der Waals surface area contributed by atoms with Crippen molar-refractivity contribution in [2.24, 2.45) is 0 Å². The number of carbonyl (C=O) groups is 1. The van der Waals surface area contributed by atoms with Gasteiger partial charge in [-0.25, -0.2) is 4.98 Å². The second-order valence-corrected chi connectivity index (χ2v) is 8.83. The minimum atomic E-state index is -0.302. The van der Waals surface area contributed by atoms with Crippen molar-refractivity contribution < 1.29 is 13.9 Å². The third kappa shape index (κ3) is 6.05. The number of oxazole rings is 1. The van der Waals surface area contributed by atoms with Crippen LogP contribution < -0.4 is 15.4 Å². The predicted octanol–water partition coefficient (Wildman–Crippen LogP) is 6.92. The highest BCUT2D eigenvalue weighted by atomic mass is 32.1. The fourth-order valence-corrected chi connectivity index (χ4v) is 3.80. The summed E-state index contributed by atoms with van der Waals surface area (Å²) in [5.41, 5.74) is 4.96. The summed E-state index contributed by atoms with van der Waals surface area (Å²) in [5.74, 6) is 1.40. The molecule has 7 heteroatoms. The van der Waals surface area contributed by atoms with E-state index in [0.29, 0.717) is 29.7 Å². The van der Waals surface area contributed by atoms with E-state index in [1.54, 1.807) is 18.2 Å². The van der Waals surface area contributed by atoms with E-state index in [1.165, 1.54) is 5.56 Å². The van der Waals surface area contributed by atoms with Gasteiger partial charge in [0.15, 0.2) is 10.7 Å². The van der Waals surface area contributed by atoms with Gasteiger partial charge in [-0.2, -0.15) is 0 Å². The Bertz CT molecular complexity index is 1330. The summed E-state index contributed by atoms with van der Waals surface area (Å²) in [7, 11) is 0. The number of thiocarbonyl (C=S) groups is 1. The van der Waals surface area contributed by atoms with Crippen molar-refractivity contribution in [3.63, 3.8) is 0 Å². The van der Waals surface area contributed by atoms with Gasteiger partial charge >= 0.3 is 0 Å². The lowest BCUT2D eigenvalue weighted by molar-refractivity contribution is 0.0977. The number of nitrogens with zero attached hydrogens (tertiary/aromatic N) is 1. The standard InChI is InChI=1S/C28H29N3O3S/c1-4-15-33-23-8-6-7-21(16-23)26(32)31-28(35)29-22-12-9-19(10-13-22)27-30-24-17-20(18(3)5-2)11-14-25(24)34-27/h6-14,16-18H,4-5,15H2,1-3H3,(H2,29,31,32,35)/t18-/m0/s1. The fraction of sp³-hybridized carbons (Fsp3) is 0.250. The molecular weight excluding hydrogens is 458 g/mol. The van der Waals surface area contributed by atoms with E-state index in [9.17, 15) is 4.79 Å². The molecule has 0 radical (unpaired) electrons. The first-order valence-corrected chi connectivity index (χ1v) is 12.2. The van der Waals surface area contributed by atoms with Crippen LogP contribution >= 0.6 is 12.2 Å². The average Bonchev–Trinajstić information content (AvgIpc) is 3.31. The number of carbonyl (C=O) groups excluding carboxylic acids is 1. The third-order valence-electron chi connectivity index (χ3n) is 5.78. The molecule has 180 valence electrons. The van der Waals surface area contributed by atoms with E-state index in [2.05, 4.69) is 41.6 Å². The van der Waals surface area contributed by atoms with Gasteiger partial charge in [-0.15, -0.1) is 0 Å². The summed E-state index contributed by atoms with van der Waals surface area (Å²) in [5, 5.41) is 5.96. The summed E-state index contributed by atoms with van der Waals surface area (Å²) >= 11 is 5.32. The maximum Gasteiger partial charge on any atom is 0.257 e. The second-order valence-electron chi connectivity index (χ2n) is 8.42. The molecule has 0 saturated carbocycles. The van der Waals surface area contributed by atoms with E-state index < -0.39 is 0 Å². The summed E-state index contributed by atoms with van der Waals surface area (Å²) in [6, 6.07) is 20.8. The van der Waals surface area contributed by atoms with Crippen LogP contribution in [0, 0.1) is 0 Å². The molecule has 6 nitrogen and oxygen atoms in total. The lowest BCUT2D eigenvalue weighted by atomic mass is 9.98. The van der Waals surface area contributed by atoms with E-state index in [-0.39, 0.29) is 11.0 Å². The van der Waals surface area contributed by atoms with Crippen LogP contribution in [0.4, 0.5) is 5.69 Å². The minimum absolute atomic E-state index is 0.210. The lowest BCUT2D eigenvalue weighted by Gasteiger charge is -2.11. The number of rotatable bonds is 8. The summed E-state index contributed by atoms with van der Waals surface area (Å²) in [6.07, 6.45) is 1.97. The number of ether oxygens (including phenoxy) is 1. The average molecular weight is 488 g/mol. The van der Waals surface area contributed by atoms with Gasteiger partial charge in [-0.05, 0) is 91.1 Å². The number of anilines is 1. The normalized spacial score (nSPS) is 11.7. The Hall–Kier alpha value is -3.71. The number of nitrogens with one attached hydrogen (secondary N) is 2. The number of benzene rings is 3. The highest BCUT2D eigenvalue weighted by Crippen LogP contribution is 2.28. The van der Waals surface area contributed by atoms with E-state index >= 15 is 0 Å². The smallest absolute Gasteiger partial charge is 0.257 e. The van der Waals surface area contributed by atoms with E-state index in [1.807, 2.05) is 43.3 Å². The fourth-order valence-electron chi connectivity index (χ4n) is 3.59. The minimum Gasteiger partial charge on any atom is -0.494 e. The Morgan fingerprint density at radius 3 is 2.63 bits per heavy atom. The number of fused-ring (bicyclic) bond motifs is 1. The first-order chi connectivity index (χ1) is 17.0. The molecule has 0 aliphatic rings. The number of amides is 1. The number of hydrogen-bond acceptors (Lipinski definition) is 5. The zero-order valence-corrected chi connectivity index (χ0v) is 20.9. The predicted molar refractivity (Wildman–Crippen MR) is 144 cm³/mol. The Balaban J connectivity index is 1.39. The van der Waals surface area contributed by atoms with Crippen LogP contribution in [0.15, 0.2) is 71.1 Å². The first-order valence-electron chi connectivity index (χ1n) is 11.8. The monoisotopic (exact) mass is 487 g/mol. The quantitative estimate of drug-likeness (QED) is 0.263. The van der Waals surface area contributed by atoms with Gasteiger partial charge in [0, 0.05) is 16.8 Å². The van der Waals surface area contributed by atoms with Crippen molar-refractivity contribution in [2.45, 2.75) is 39.5 Å². The van der Waals surface area contributed by atoms with Crippen LogP contribution in [0.2, 0.25) is 0 Å². The van der Waals surface area contributed by atoms with Gasteiger partial charge in [-0.3, -0.25) is 10.1 Å². The molecule has 0 unspecified atom stereocenters. The highest BCUT2D eigenvalue weighted by Gasteiger charge is 2.12. The molecule has 35 heavy (non-hydrogen) atoms. The van der Waals surface area contributed by atoms with Crippen molar-refractivity contribution in [1.29, 1.82) is 0 Å². The molecule has 2 N–H and O–H groups in total. The van der Waals surface area contributed by atoms with Gasteiger partial charge in [0.05, 0.1) is 6.61 Å². The van der Waals surface area contributed by atoms with Gasteiger partial charge in [0.25, 0.3) is 5.91 Å². The van der Waals surface area contributed by atoms with Crippen molar-refractivity contribution in [3.05, 3.63) is 77.9 Å². The molecule has 0 aliphatic carbocycles. The third-order valence-corrected chi connectivity index (χ3v) is 5.98. The van der Waals surface area contributed by atoms with Gasteiger partial charge < -0.3 is 14.5 Å². The van der Waals surface area contributed by atoms with E-state index in [0.717, 1.165) is 35.2 Å². The number of aromatic nitrogens is 1. The lowest BCUT2D eigenvalue weighted by Crippen LogP contribution is -2.34. The maximum atomic E-state index is 12.6. The van der Waals surface area contributed by atoms with Gasteiger partial charge in [-0.1, -0.05) is 32.9 Å². The first kappa shape index (κ1) is 24.4. The Kier molecular flexibility index (Phi) is 7.77. The SMILES string of the molecule is CCCOc1cccc(C(=O)NC(=S)Nc2ccc(-c3nc4cc([C@@H](C)CC)ccc4o3)cc2)c1. The molecule has 0 saturated heterocycles. The molecule has 4 aromatic rings. The zero-order valence-electron chi connectivity index (χ0n) is 20.1. The van der Waals surface area contributed by atoms with Crippen LogP contribution in [0.3, 0.4) is 0 Å². The molecule has 0 bridgehead atoms. The summed E-state index contributed by atoms with van der Waals surface area (Å²) in [4.78, 5) is 17.2. The van der Waals surface area contributed by atoms with Crippen LogP contribution in [0.25, 0.3) is 22.6 Å². The second kappa shape index (κ2) is 11.1. The van der Waals surface area contributed by atoms with Crippen LogP contribution in [-0.2, 0) is 0 Å². The highest BCUT2D eigenvalue weighted by molar-refractivity contribution is 7.80. The van der Waals surface area contributed by atoms with Crippen molar-refractivity contribution in [3.8, 4) is 17.2 Å². The molecular formula is C28H29N3O3S. The molecule has 0 aliphatic heterocycles. The van der Waals surface area contributed by atoms with E-state index in [4.69, 9.17) is 21.4 Å². The Morgan fingerprint density at radius 2 is 1.89 bits per heavy atom. The van der Waals surface area contributed by atoms with Crippen LogP contribution in [-0.4, -0.2) is 22.6 Å². The largest absolute Gasteiger partial charge is 0.494 e.